The molecule has 0 spiro atoms. The molecule has 3 heteroatoms. The summed E-state index contributed by atoms with van der Waals surface area (Å²) in [7, 11) is 0. The SMILES string of the molecule is C[C@@](O)(C=O)c1ccccc1F. The fraction of sp³-hybridized carbons (Fsp3) is 0.222. The first-order chi connectivity index (χ1) is 5.58. The van der Waals surface area contributed by atoms with E-state index in [0.29, 0.717) is 6.29 Å². The maximum absolute atomic E-state index is 13.0. The van der Waals surface area contributed by atoms with Gasteiger partial charge in [0.05, 0.1) is 0 Å². The van der Waals surface area contributed by atoms with Crippen molar-refractivity contribution in [1.29, 1.82) is 0 Å². The third-order valence-corrected chi connectivity index (χ3v) is 1.65. The number of hydrogen-bond acceptors (Lipinski definition) is 2. The quantitative estimate of drug-likeness (QED) is 0.674. The van der Waals surface area contributed by atoms with Crippen molar-refractivity contribution in [2.45, 2.75) is 12.5 Å². The van der Waals surface area contributed by atoms with Crippen molar-refractivity contribution < 1.29 is 14.3 Å². The van der Waals surface area contributed by atoms with Gasteiger partial charge in [0.15, 0.2) is 6.29 Å². The van der Waals surface area contributed by atoms with E-state index in [0.717, 1.165) is 0 Å². The number of aliphatic hydroxyl groups is 1. The molecular weight excluding hydrogens is 159 g/mol. The number of carbonyl (C=O) groups is 1. The maximum Gasteiger partial charge on any atom is 0.155 e. The Morgan fingerprint density at radius 2 is 2.08 bits per heavy atom. The maximum atomic E-state index is 13.0. The van der Waals surface area contributed by atoms with E-state index in [2.05, 4.69) is 0 Å². The fourth-order valence-electron chi connectivity index (χ4n) is 0.935. The summed E-state index contributed by atoms with van der Waals surface area (Å²) in [5.41, 5.74) is -1.73. The number of aldehydes is 1. The zero-order valence-electron chi connectivity index (χ0n) is 6.62. The van der Waals surface area contributed by atoms with Gasteiger partial charge in [0.2, 0.25) is 0 Å². The highest BCUT2D eigenvalue weighted by Crippen LogP contribution is 2.20. The molecule has 2 nitrogen and oxygen atoms in total. The molecule has 0 aliphatic heterocycles. The molecular formula is C9H9FO2. The van der Waals surface area contributed by atoms with Gasteiger partial charge in [0.1, 0.15) is 11.4 Å². The largest absolute Gasteiger partial charge is 0.378 e. The average molecular weight is 168 g/mol. The van der Waals surface area contributed by atoms with Crippen molar-refractivity contribution >= 4 is 6.29 Å². The first-order valence-electron chi connectivity index (χ1n) is 3.51. The molecule has 0 saturated carbocycles. The molecule has 0 heterocycles. The second-order valence-corrected chi connectivity index (χ2v) is 2.75. The molecule has 1 atom stereocenters. The predicted molar refractivity (Wildman–Crippen MR) is 42.0 cm³/mol. The molecule has 0 aromatic heterocycles. The van der Waals surface area contributed by atoms with Gasteiger partial charge in [-0.2, -0.15) is 0 Å². The second-order valence-electron chi connectivity index (χ2n) is 2.75. The molecule has 1 rings (SSSR count). The van der Waals surface area contributed by atoms with Crippen molar-refractivity contribution in [3.63, 3.8) is 0 Å². The van der Waals surface area contributed by atoms with Crippen molar-refractivity contribution in [1.82, 2.24) is 0 Å². The number of benzene rings is 1. The van der Waals surface area contributed by atoms with Crippen LogP contribution in [0.15, 0.2) is 24.3 Å². The predicted octanol–water partition coefficient (Wildman–Crippen LogP) is 1.23. The van der Waals surface area contributed by atoms with Crippen molar-refractivity contribution in [3.05, 3.63) is 35.6 Å². The molecule has 0 aliphatic carbocycles. The van der Waals surface area contributed by atoms with E-state index in [-0.39, 0.29) is 5.56 Å². The second kappa shape index (κ2) is 3.03. The summed E-state index contributed by atoms with van der Waals surface area (Å²) in [6, 6.07) is 5.65. The summed E-state index contributed by atoms with van der Waals surface area (Å²) in [5, 5.41) is 9.37. The Morgan fingerprint density at radius 3 is 2.58 bits per heavy atom. The Morgan fingerprint density at radius 1 is 1.50 bits per heavy atom. The third kappa shape index (κ3) is 1.51. The van der Waals surface area contributed by atoms with Crippen LogP contribution in [0.5, 0.6) is 0 Å². The summed E-state index contributed by atoms with van der Waals surface area (Å²) < 4.78 is 13.0. The van der Waals surface area contributed by atoms with Gasteiger partial charge in [-0.3, -0.25) is 4.79 Å². The lowest BCUT2D eigenvalue weighted by Gasteiger charge is -2.16. The number of halogens is 1. The van der Waals surface area contributed by atoms with Crippen LogP contribution < -0.4 is 0 Å². The average Bonchev–Trinajstić information content (AvgIpc) is 2.05. The van der Waals surface area contributed by atoms with Crippen LogP contribution in [0, 0.1) is 5.82 Å². The van der Waals surface area contributed by atoms with E-state index < -0.39 is 11.4 Å². The Kier molecular flexibility index (Phi) is 2.24. The summed E-state index contributed by atoms with van der Waals surface area (Å²) in [4.78, 5) is 10.4. The van der Waals surface area contributed by atoms with E-state index in [1.807, 2.05) is 0 Å². The van der Waals surface area contributed by atoms with Crippen LogP contribution >= 0.6 is 0 Å². The molecule has 0 unspecified atom stereocenters. The van der Waals surface area contributed by atoms with Crippen molar-refractivity contribution in [2.24, 2.45) is 0 Å². The summed E-state index contributed by atoms with van der Waals surface area (Å²) in [5.74, 6) is -0.574. The van der Waals surface area contributed by atoms with Crippen LogP contribution in [-0.4, -0.2) is 11.4 Å². The molecule has 1 N–H and O–H groups in total. The summed E-state index contributed by atoms with van der Waals surface area (Å²) in [6.07, 6.45) is 0.311. The van der Waals surface area contributed by atoms with Gasteiger partial charge >= 0.3 is 0 Å². The van der Waals surface area contributed by atoms with Crippen LogP contribution in [0.3, 0.4) is 0 Å². The van der Waals surface area contributed by atoms with E-state index >= 15 is 0 Å². The zero-order chi connectivity index (χ0) is 9.19. The van der Waals surface area contributed by atoms with E-state index in [1.54, 1.807) is 6.07 Å². The monoisotopic (exact) mass is 168 g/mol. The van der Waals surface area contributed by atoms with Crippen LogP contribution in [0.2, 0.25) is 0 Å². The lowest BCUT2D eigenvalue weighted by Crippen LogP contribution is -2.24. The molecule has 0 amide bonds. The van der Waals surface area contributed by atoms with Gasteiger partial charge in [-0.05, 0) is 13.0 Å². The van der Waals surface area contributed by atoms with Gasteiger partial charge in [-0.25, -0.2) is 4.39 Å². The third-order valence-electron chi connectivity index (χ3n) is 1.65. The topological polar surface area (TPSA) is 37.3 Å². The molecule has 1 aromatic carbocycles. The lowest BCUT2D eigenvalue weighted by molar-refractivity contribution is -0.123. The minimum absolute atomic E-state index is 0.000000000000000222. The molecule has 12 heavy (non-hydrogen) atoms. The zero-order valence-corrected chi connectivity index (χ0v) is 6.62. The first-order valence-corrected chi connectivity index (χ1v) is 3.51. The van der Waals surface area contributed by atoms with Crippen LogP contribution in [-0.2, 0) is 10.4 Å². The summed E-state index contributed by atoms with van der Waals surface area (Å²) >= 11 is 0. The number of rotatable bonds is 2. The Balaban J connectivity index is 3.19. The van der Waals surface area contributed by atoms with Crippen molar-refractivity contribution in [2.75, 3.05) is 0 Å². The molecule has 1 aromatic rings. The van der Waals surface area contributed by atoms with Gasteiger partial charge in [-0.1, -0.05) is 18.2 Å². The highest BCUT2D eigenvalue weighted by molar-refractivity contribution is 5.65. The Labute approximate surface area is 69.6 Å². The standard InChI is InChI=1S/C9H9FO2/c1-9(12,6-11)7-4-2-3-5-8(7)10/h2-6,12H,1H3/t9-/m1/s1. The van der Waals surface area contributed by atoms with Crippen molar-refractivity contribution in [3.8, 4) is 0 Å². The lowest BCUT2D eigenvalue weighted by atomic mass is 9.97. The van der Waals surface area contributed by atoms with E-state index in [4.69, 9.17) is 0 Å². The number of hydrogen-bond donors (Lipinski definition) is 1. The van der Waals surface area contributed by atoms with Gasteiger partial charge in [-0.15, -0.1) is 0 Å². The molecule has 0 bridgehead atoms. The Hall–Kier alpha value is -1.22. The van der Waals surface area contributed by atoms with Crippen LogP contribution in [0.4, 0.5) is 4.39 Å². The molecule has 0 aliphatic rings. The van der Waals surface area contributed by atoms with Crippen LogP contribution in [0.25, 0.3) is 0 Å². The minimum atomic E-state index is -1.73. The highest BCUT2D eigenvalue weighted by atomic mass is 19.1. The molecule has 0 saturated heterocycles. The van der Waals surface area contributed by atoms with Gasteiger partial charge in [0.25, 0.3) is 0 Å². The van der Waals surface area contributed by atoms with E-state index in [9.17, 15) is 14.3 Å². The smallest absolute Gasteiger partial charge is 0.155 e. The number of carbonyl (C=O) groups excluding carboxylic acids is 1. The van der Waals surface area contributed by atoms with Crippen LogP contribution in [0.1, 0.15) is 12.5 Å². The van der Waals surface area contributed by atoms with Gasteiger partial charge < -0.3 is 5.11 Å². The van der Waals surface area contributed by atoms with E-state index in [1.165, 1.54) is 25.1 Å². The highest BCUT2D eigenvalue weighted by Gasteiger charge is 2.24. The molecule has 64 valence electrons. The molecule has 0 radical (unpaired) electrons. The minimum Gasteiger partial charge on any atom is -0.378 e. The Bertz CT molecular complexity index is 294. The summed E-state index contributed by atoms with van der Waals surface area (Å²) in [6.45, 7) is 1.25. The normalized spacial score (nSPS) is 15.2. The first kappa shape index (κ1) is 8.87. The fourth-order valence-corrected chi connectivity index (χ4v) is 0.935. The van der Waals surface area contributed by atoms with Gasteiger partial charge in [0, 0.05) is 5.56 Å². The molecule has 0 fully saturated rings.